The Labute approximate surface area is 182 Å². The highest BCUT2D eigenvalue weighted by atomic mass is 79.9. The number of amides is 4. The number of nitrogens with one attached hydrogen (secondary N) is 1. The van der Waals surface area contributed by atoms with Crippen molar-refractivity contribution in [2.45, 2.75) is 0 Å². The molecule has 31 heavy (non-hydrogen) atoms. The van der Waals surface area contributed by atoms with Gasteiger partial charge in [-0.15, -0.1) is 0 Å². The van der Waals surface area contributed by atoms with E-state index in [9.17, 15) is 34.4 Å². The number of nitro groups is 1. The number of anilines is 1. The number of benzene rings is 2. The monoisotopic (exact) mass is 488 g/mol. The summed E-state index contributed by atoms with van der Waals surface area (Å²) in [5, 5.41) is 23.5. The van der Waals surface area contributed by atoms with E-state index in [2.05, 4.69) is 15.9 Å². The van der Waals surface area contributed by atoms with Crippen LogP contribution < -0.4 is 20.1 Å². The molecule has 1 saturated heterocycles. The van der Waals surface area contributed by atoms with E-state index in [1.807, 2.05) is 5.32 Å². The lowest BCUT2D eigenvalue weighted by Crippen LogP contribution is -2.54. The number of rotatable bonds is 6. The van der Waals surface area contributed by atoms with Gasteiger partial charge in [0.05, 0.1) is 21.1 Å². The predicted molar refractivity (Wildman–Crippen MR) is 107 cm³/mol. The highest BCUT2D eigenvalue weighted by Crippen LogP contribution is 2.29. The molecule has 12 heteroatoms. The minimum Gasteiger partial charge on any atom is -0.546 e. The maximum absolute atomic E-state index is 12.9. The number of halogens is 1. The summed E-state index contributed by atoms with van der Waals surface area (Å²) in [5.41, 5.74) is -0.445. The number of ether oxygens (including phenoxy) is 1. The second-order valence-corrected chi connectivity index (χ2v) is 6.94. The Morgan fingerprint density at radius 1 is 1.19 bits per heavy atom. The molecule has 0 atom stereocenters. The summed E-state index contributed by atoms with van der Waals surface area (Å²) in [6, 6.07) is 8.13. The number of hydrogen-bond donors (Lipinski definition) is 1. The first kappa shape index (κ1) is 21.6. The third kappa shape index (κ3) is 4.75. The largest absolute Gasteiger partial charge is 0.546 e. The number of non-ortho nitro benzene ring substituents is 1. The van der Waals surface area contributed by atoms with Crippen LogP contribution in [0.5, 0.6) is 5.75 Å². The number of carbonyl (C=O) groups is 4. The number of nitro benzene ring substituents is 1. The van der Waals surface area contributed by atoms with Gasteiger partial charge in [0.1, 0.15) is 17.9 Å². The Kier molecular flexibility index (Phi) is 6.11. The third-order valence-corrected chi connectivity index (χ3v) is 4.63. The van der Waals surface area contributed by atoms with Crippen LogP contribution in [0.1, 0.15) is 5.56 Å². The molecule has 1 N–H and O–H groups in total. The molecule has 3 rings (SSSR count). The molecule has 1 heterocycles. The molecule has 2 aromatic rings. The molecule has 4 amide bonds. The van der Waals surface area contributed by atoms with Gasteiger partial charge in [-0.05, 0) is 45.8 Å². The zero-order valence-electron chi connectivity index (χ0n) is 15.4. The molecule has 11 nitrogen and oxygen atoms in total. The number of barbiturate groups is 1. The number of carboxylic acid groups (broad SMARTS) is 1. The maximum atomic E-state index is 12.9. The van der Waals surface area contributed by atoms with Crippen LogP contribution in [-0.2, 0) is 14.4 Å². The van der Waals surface area contributed by atoms with E-state index in [1.165, 1.54) is 42.5 Å². The molecule has 2 aromatic carbocycles. The zero-order chi connectivity index (χ0) is 22.7. The van der Waals surface area contributed by atoms with E-state index < -0.39 is 35.3 Å². The fraction of sp³-hybridized carbons (Fsp3) is 0.0526. The van der Waals surface area contributed by atoms with Crippen molar-refractivity contribution in [3.8, 4) is 5.75 Å². The molecule has 0 bridgehead atoms. The van der Waals surface area contributed by atoms with E-state index in [0.29, 0.717) is 14.9 Å². The van der Waals surface area contributed by atoms with Crippen LogP contribution in [0.4, 0.5) is 16.2 Å². The molecule has 1 fully saturated rings. The van der Waals surface area contributed by atoms with Crippen LogP contribution in [0.25, 0.3) is 6.08 Å². The summed E-state index contributed by atoms with van der Waals surface area (Å²) < 4.78 is 5.37. The van der Waals surface area contributed by atoms with Gasteiger partial charge in [-0.3, -0.25) is 25.0 Å². The van der Waals surface area contributed by atoms with Gasteiger partial charge in [-0.2, -0.15) is 0 Å². The average Bonchev–Trinajstić information content (AvgIpc) is 2.70. The van der Waals surface area contributed by atoms with Gasteiger partial charge in [0.2, 0.25) is 0 Å². The Balaban J connectivity index is 1.94. The summed E-state index contributed by atoms with van der Waals surface area (Å²) in [7, 11) is 0. The number of urea groups is 1. The maximum Gasteiger partial charge on any atom is 0.335 e. The molecule has 1 aliphatic rings. The second-order valence-electron chi connectivity index (χ2n) is 6.09. The summed E-state index contributed by atoms with van der Waals surface area (Å²) in [5.74, 6) is -3.12. The number of imide groups is 2. The summed E-state index contributed by atoms with van der Waals surface area (Å²) >= 11 is 3.19. The van der Waals surface area contributed by atoms with E-state index in [0.717, 1.165) is 6.07 Å². The Morgan fingerprint density at radius 3 is 2.58 bits per heavy atom. The molecule has 0 aromatic heterocycles. The number of aliphatic carboxylic acids is 1. The topological polar surface area (TPSA) is 159 Å². The van der Waals surface area contributed by atoms with Crippen LogP contribution in [-0.4, -0.2) is 35.3 Å². The van der Waals surface area contributed by atoms with Crippen LogP contribution in [0.15, 0.2) is 52.5 Å². The van der Waals surface area contributed by atoms with E-state index in [4.69, 9.17) is 4.74 Å². The summed E-state index contributed by atoms with van der Waals surface area (Å²) in [6.45, 7) is -0.666. The van der Waals surface area contributed by atoms with E-state index in [1.54, 1.807) is 0 Å². The average molecular weight is 489 g/mol. The SMILES string of the molecule is O=C([O-])COc1ccc(/C=C2\C(=O)NC(=O)N(c3cccc([N+](=O)[O-])c3)C2=O)cc1Br. The smallest absolute Gasteiger partial charge is 0.335 e. The second kappa shape index (κ2) is 8.75. The standard InChI is InChI=1S/C19H12BrN3O8/c20-14-7-10(4-5-15(14)31-9-16(24)25)6-13-17(26)21-19(28)22(18(13)27)11-2-1-3-12(8-11)23(29)30/h1-8H,9H2,(H,24,25)(H,21,26,28)/p-1/b13-6+. The molecule has 0 spiro atoms. The first-order valence-electron chi connectivity index (χ1n) is 8.45. The van der Waals surface area contributed by atoms with Gasteiger partial charge < -0.3 is 14.6 Å². The highest BCUT2D eigenvalue weighted by molar-refractivity contribution is 9.10. The van der Waals surface area contributed by atoms with Crippen molar-refractivity contribution in [2.75, 3.05) is 11.5 Å². The van der Waals surface area contributed by atoms with Crippen molar-refractivity contribution >= 4 is 57.2 Å². The van der Waals surface area contributed by atoms with Gasteiger partial charge in [0.25, 0.3) is 17.5 Å². The fourth-order valence-corrected chi connectivity index (χ4v) is 3.18. The lowest BCUT2D eigenvalue weighted by Gasteiger charge is -2.26. The molecule has 0 unspecified atom stereocenters. The Morgan fingerprint density at radius 2 is 1.94 bits per heavy atom. The van der Waals surface area contributed by atoms with Crippen molar-refractivity contribution in [3.05, 3.63) is 68.2 Å². The fourth-order valence-electron chi connectivity index (χ4n) is 2.66. The van der Waals surface area contributed by atoms with Crippen molar-refractivity contribution in [2.24, 2.45) is 0 Å². The molecule has 1 aliphatic heterocycles. The minimum absolute atomic E-state index is 0.0812. The minimum atomic E-state index is -1.41. The quantitative estimate of drug-likeness (QED) is 0.274. The number of nitrogens with zero attached hydrogens (tertiary/aromatic N) is 2. The molecular formula is C19H11BrN3O8-. The first-order valence-corrected chi connectivity index (χ1v) is 9.25. The molecular weight excluding hydrogens is 478 g/mol. The van der Waals surface area contributed by atoms with Gasteiger partial charge in [0, 0.05) is 12.1 Å². The highest BCUT2D eigenvalue weighted by Gasteiger charge is 2.37. The summed E-state index contributed by atoms with van der Waals surface area (Å²) in [6.07, 6.45) is 1.21. The van der Waals surface area contributed by atoms with Gasteiger partial charge in [-0.25, -0.2) is 9.69 Å². The van der Waals surface area contributed by atoms with Crippen molar-refractivity contribution in [3.63, 3.8) is 0 Å². The number of hydrogen-bond acceptors (Lipinski definition) is 8. The van der Waals surface area contributed by atoms with Crippen LogP contribution in [0, 0.1) is 10.1 Å². The third-order valence-electron chi connectivity index (χ3n) is 4.01. The first-order chi connectivity index (χ1) is 14.7. The normalized spacial score (nSPS) is 15.1. The zero-order valence-corrected chi connectivity index (χ0v) is 17.0. The number of carbonyl (C=O) groups excluding carboxylic acids is 4. The summed E-state index contributed by atoms with van der Waals surface area (Å²) in [4.78, 5) is 58.7. The molecule has 0 aliphatic carbocycles. The van der Waals surface area contributed by atoms with Gasteiger partial charge >= 0.3 is 6.03 Å². The van der Waals surface area contributed by atoms with Gasteiger partial charge in [-0.1, -0.05) is 12.1 Å². The molecule has 0 saturated carbocycles. The van der Waals surface area contributed by atoms with Crippen LogP contribution >= 0.6 is 15.9 Å². The Hall–Kier alpha value is -4.06. The van der Waals surface area contributed by atoms with Crippen LogP contribution in [0.2, 0.25) is 0 Å². The van der Waals surface area contributed by atoms with E-state index >= 15 is 0 Å². The van der Waals surface area contributed by atoms with Crippen LogP contribution in [0.3, 0.4) is 0 Å². The van der Waals surface area contributed by atoms with Crippen molar-refractivity contribution in [1.29, 1.82) is 0 Å². The van der Waals surface area contributed by atoms with E-state index in [-0.39, 0.29) is 22.7 Å². The Bertz CT molecular complexity index is 1160. The number of carboxylic acids is 1. The van der Waals surface area contributed by atoms with Crippen molar-refractivity contribution < 1.29 is 33.9 Å². The lowest BCUT2D eigenvalue weighted by molar-refractivity contribution is -0.384. The predicted octanol–water partition coefficient (Wildman–Crippen LogP) is 1.15. The van der Waals surface area contributed by atoms with Gasteiger partial charge in [0.15, 0.2) is 0 Å². The molecule has 0 radical (unpaired) electrons. The van der Waals surface area contributed by atoms with Crippen molar-refractivity contribution in [1.82, 2.24) is 5.32 Å². The lowest BCUT2D eigenvalue weighted by atomic mass is 10.1. The molecule has 158 valence electrons.